The number of hydrogen-bond acceptors (Lipinski definition) is 3. The van der Waals surface area contributed by atoms with Crippen LogP contribution in [0.5, 0.6) is 0 Å². The van der Waals surface area contributed by atoms with Gasteiger partial charge in [0.2, 0.25) is 0 Å². The van der Waals surface area contributed by atoms with E-state index in [0.717, 1.165) is 12.8 Å². The highest BCUT2D eigenvalue weighted by atomic mass is 16.4. The second kappa shape index (κ2) is 2.27. The van der Waals surface area contributed by atoms with Gasteiger partial charge in [-0.3, -0.25) is 0 Å². The van der Waals surface area contributed by atoms with E-state index in [9.17, 15) is 15.3 Å². The average Bonchev–Trinajstić information content (AvgIpc) is 2.65. The molecule has 3 fully saturated rings. The fraction of sp³-hybridized carbons (Fsp3) is 1.00. The van der Waals surface area contributed by atoms with Gasteiger partial charge in [0, 0.05) is 5.41 Å². The average molecular weight is 212 g/mol. The van der Waals surface area contributed by atoms with E-state index >= 15 is 0 Å². The fourth-order valence-corrected chi connectivity index (χ4v) is 4.82. The molecule has 0 radical (unpaired) electrons. The van der Waals surface area contributed by atoms with Gasteiger partial charge in [-0.2, -0.15) is 0 Å². The number of rotatable bonds is 0. The zero-order chi connectivity index (χ0) is 11.1. The van der Waals surface area contributed by atoms with Crippen molar-refractivity contribution >= 4 is 0 Å². The highest BCUT2D eigenvalue weighted by Gasteiger charge is 2.81. The Morgan fingerprint density at radius 2 is 1.73 bits per heavy atom. The molecular formula is C12H20O3. The summed E-state index contributed by atoms with van der Waals surface area (Å²) in [7, 11) is 0. The molecule has 3 aliphatic carbocycles. The van der Waals surface area contributed by atoms with E-state index in [-0.39, 0.29) is 11.3 Å². The molecule has 3 N–H and O–H groups in total. The minimum Gasteiger partial charge on any atom is -0.387 e. The lowest BCUT2D eigenvalue weighted by Gasteiger charge is -2.50. The van der Waals surface area contributed by atoms with Crippen molar-refractivity contribution < 1.29 is 15.3 Å². The molecule has 0 aromatic carbocycles. The third kappa shape index (κ3) is 0.728. The lowest BCUT2D eigenvalue weighted by Crippen LogP contribution is -2.66. The predicted molar refractivity (Wildman–Crippen MR) is 55.2 cm³/mol. The van der Waals surface area contributed by atoms with Crippen LogP contribution in [0.1, 0.15) is 46.0 Å². The van der Waals surface area contributed by atoms with Crippen LogP contribution in [0.15, 0.2) is 0 Å². The molecular weight excluding hydrogens is 192 g/mol. The second-order valence-electron chi connectivity index (χ2n) is 6.34. The Labute approximate surface area is 90.1 Å². The van der Waals surface area contributed by atoms with Crippen LogP contribution in [0, 0.1) is 11.3 Å². The highest BCUT2D eigenvalue weighted by molar-refractivity contribution is 5.32. The van der Waals surface area contributed by atoms with Crippen molar-refractivity contribution in [3.05, 3.63) is 0 Å². The molecule has 0 aromatic heterocycles. The van der Waals surface area contributed by atoms with Gasteiger partial charge in [-0.05, 0) is 38.0 Å². The van der Waals surface area contributed by atoms with E-state index in [1.165, 1.54) is 0 Å². The predicted octanol–water partition coefficient (Wildman–Crippen LogP) is 0.813. The van der Waals surface area contributed by atoms with Crippen LogP contribution in [0.4, 0.5) is 0 Å². The van der Waals surface area contributed by atoms with Gasteiger partial charge in [0.25, 0.3) is 0 Å². The van der Waals surface area contributed by atoms with Gasteiger partial charge < -0.3 is 15.3 Å². The smallest absolute Gasteiger partial charge is 0.125 e. The molecule has 3 rings (SSSR count). The monoisotopic (exact) mass is 212 g/mol. The first-order valence-corrected chi connectivity index (χ1v) is 5.96. The van der Waals surface area contributed by atoms with Crippen LogP contribution in [-0.2, 0) is 0 Å². The number of fused-ring (bicyclic) bond motifs is 5. The molecule has 5 unspecified atom stereocenters. The van der Waals surface area contributed by atoms with Crippen molar-refractivity contribution in [1.29, 1.82) is 0 Å². The van der Waals surface area contributed by atoms with Gasteiger partial charge in [-0.15, -0.1) is 0 Å². The molecule has 5 atom stereocenters. The highest BCUT2D eigenvalue weighted by Crippen LogP contribution is 2.72. The Hall–Kier alpha value is -0.120. The summed E-state index contributed by atoms with van der Waals surface area (Å²) in [6, 6.07) is 0. The molecule has 3 aliphatic rings. The summed E-state index contributed by atoms with van der Waals surface area (Å²) >= 11 is 0. The Morgan fingerprint density at radius 1 is 1.07 bits per heavy atom. The van der Waals surface area contributed by atoms with Gasteiger partial charge >= 0.3 is 0 Å². The van der Waals surface area contributed by atoms with Crippen LogP contribution < -0.4 is 0 Å². The van der Waals surface area contributed by atoms with Crippen molar-refractivity contribution in [2.24, 2.45) is 11.3 Å². The van der Waals surface area contributed by atoms with E-state index in [1.807, 2.05) is 13.8 Å². The van der Waals surface area contributed by atoms with Crippen LogP contribution in [0.2, 0.25) is 0 Å². The lowest BCUT2D eigenvalue weighted by atomic mass is 9.64. The Kier molecular flexibility index (Phi) is 1.52. The molecule has 3 nitrogen and oxygen atoms in total. The van der Waals surface area contributed by atoms with Crippen LogP contribution in [0.25, 0.3) is 0 Å². The van der Waals surface area contributed by atoms with Gasteiger partial charge in [-0.25, -0.2) is 0 Å². The lowest BCUT2D eigenvalue weighted by molar-refractivity contribution is -0.243. The Bertz CT molecular complexity index is 331. The first kappa shape index (κ1) is 10.1. The summed E-state index contributed by atoms with van der Waals surface area (Å²) < 4.78 is 0. The van der Waals surface area contributed by atoms with Gasteiger partial charge in [-0.1, -0.05) is 13.8 Å². The first-order chi connectivity index (χ1) is 6.79. The van der Waals surface area contributed by atoms with Crippen molar-refractivity contribution in [2.45, 2.75) is 62.8 Å². The number of aliphatic hydroxyl groups is 3. The molecule has 86 valence electrons. The van der Waals surface area contributed by atoms with E-state index < -0.39 is 16.8 Å². The first-order valence-electron chi connectivity index (χ1n) is 5.96. The molecule has 3 saturated carbocycles. The van der Waals surface area contributed by atoms with Crippen molar-refractivity contribution in [3.8, 4) is 0 Å². The largest absolute Gasteiger partial charge is 0.387 e. The van der Waals surface area contributed by atoms with Crippen LogP contribution >= 0.6 is 0 Å². The molecule has 3 heteroatoms. The molecule has 0 aliphatic heterocycles. The zero-order valence-electron chi connectivity index (χ0n) is 9.45. The Balaban J connectivity index is 2.21. The topological polar surface area (TPSA) is 60.7 Å². The quantitative estimate of drug-likeness (QED) is 0.557. The Morgan fingerprint density at radius 3 is 2.33 bits per heavy atom. The summed E-state index contributed by atoms with van der Waals surface area (Å²) in [6.45, 7) is 3.96. The van der Waals surface area contributed by atoms with Gasteiger partial charge in [0.05, 0.1) is 5.60 Å². The normalized spacial score (nSPS) is 67.4. The third-order valence-corrected chi connectivity index (χ3v) is 5.76. The van der Waals surface area contributed by atoms with Crippen molar-refractivity contribution in [3.63, 3.8) is 0 Å². The summed E-state index contributed by atoms with van der Waals surface area (Å²) in [4.78, 5) is 0. The second-order valence-corrected chi connectivity index (χ2v) is 6.34. The summed E-state index contributed by atoms with van der Waals surface area (Å²) in [5.41, 5.74) is -3.67. The SMILES string of the molecule is CC1CCC2(O)C3(C)CCC(O)(C3)C12O. The molecule has 2 bridgehead atoms. The van der Waals surface area contributed by atoms with E-state index in [2.05, 4.69) is 0 Å². The maximum Gasteiger partial charge on any atom is 0.125 e. The van der Waals surface area contributed by atoms with Crippen LogP contribution in [-0.4, -0.2) is 32.1 Å². The van der Waals surface area contributed by atoms with Crippen LogP contribution in [0.3, 0.4) is 0 Å². The maximum absolute atomic E-state index is 10.8. The van der Waals surface area contributed by atoms with Gasteiger partial charge in [0.1, 0.15) is 11.2 Å². The summed E-state index contributed by atoms with van der Waals surface area (Å²) in [5, 5.41) is 32.1. The molecule has 0 amide bonds. The molecule has 15 heavy (non-hydrogen) atoms. The zero-order valence-corrected chi connectivity index (χ0v) is 9.45. The minimum atomic E-state index is -1.27. The molecule has 0 saturated heterocycles. The van der Waals surface area contributed by atoms with Crippen molar-refractivity contribution in [1.82, 2.24) is 0 Å². The third-order valence-electron chi connectivity index (χ3n) is 5.76. The number of hydrogen-bond donors (Lipinski definition) is 3. The summed E-state index contributed by atoms with van der Waals surface area (Å²) in [6.07, 6.45) is 3.45. The molecule has 0 aromatic rings. The minimum absolute atomic E-state index is 0.00498. The fourth-order valence-electron chi connectivity index (χ4n) is 4.82. The maximum atomic E-state index is 10.8. The van der Waals surface area contributed by atoms with E-state index in [0.29, 0.717) is 19.3 Å². The van der Waals surface area contributed by atoms with E-state index in [1.54, 1.807) is 0 Å². The van der Waals surface area contributed by atoms with Gasteiger partial charge in [0.15, 0.2) is 0 Å². The van der Waals surface area contributed by atoms with Crippen molar-refractivity contribution in [2.75, 3.05) is 0 Å². The molecule has 0 spiro atoms. The molecule has 0 heterocycles. The standard InChI is InChI=1S/C12H20O3/c1-8-3-4-11(14)9(2)5-6-10(13,7-9)12(8,11)15/h8,13-15H,3-7H2,1-2H3. The van der Waals surface area contributed by atoms with E-state index in [4.69, 9.17) is 0 Å². The summed E-state index contributed by atoms with van der Waals surface area (Å²) in [5.74, 6) is -0.00498.